The Balaban J connectivity index is 1.42. The second-order valence-electron chi connectivity index (χ2n) is 9.29. The molecule has 2 heterocycles. The molecule has 1 atom stereocenters. The Morgan fingerprint density at radius 2 is 1.77 bits per heavy atom. The molecular weight excluding hydrogens is 539 g/mol. The number of halogens is 2. The maximum absolute atomic E-state index is 13.6. The van der Waals surface area contributed by atoms with Gasteiger partial charge in [-0.15, -0.1) is 0 Å². The normalized spacial score (nSPS) is 15.4. The molecule has 0 radical (unpaired) electrons. The number of aromatic nitrogens is 1. The molecule has 4 rings (SSSR count). The lowest BCUT2D eigenvalue weighted by Crippen LogP contribution is -2.60. The molecule has 1 aromatic heterocycles. The van der Waals surface area contributed by atoms with E-state index in [0.717, 1.165) is 22.4 Å². The first-order valence-corrected chi connectivity index (χ1v) is 13.4. The first-order chi connectivity index (χ1) is 18.8. The lowest BCUT2D eigenvalue weighted by atomic mass is 10.0. The highest BCUT2D eigenvalue weighted by Crippen LogP contribution is 2.23. The van der Waals surface area contributed by atoms with Crippen molar-refractivity contribution in [3.63, 3.8) is 0 Å². The van der Waals surface area contributed by atoms with Gasteiger partial charge in [0.2, 0.25) is 17.7 Å². The molecule has 1 fully saturated rings. The SMILES string of the molecule is COc1ccc(CCNC(=O)CC2C(=O)N(CCc3ccc(Cl)cc3Cl)CC(=O)N2Cc2ccncc2)cc1. The van der Waals surface area contributed by atoms with E-state index in [1.807, 2.05) is 30.3 Å². The lowest BCUT2D eigenvalue weighted by Gasteiger charge is -2.40. The molecular formula is C29H30Cl2N4O4. The van der Waals surface area contributed by atoms with E-state index in [1.165, 1.54) is 9.80 Å². The number of hydrogen-bond donors (Lipinski definition) is 1. The molecule has 0 saturated carbocycles. The summed E-state index contributed by atoms with van der Waals surface area (Å²) >= 11 is 12.3. The standard InChI is InChI=1S/C29H30Cl2N4O4/c1-39-24-6-2-20(3-7-24)10-14-33-27(36)17-26-29(38)34(15-11-22-4-5-23(30)16-25(22)31)19-28(37)35(26)18-21-8-12-32-13-9-21/h2-9,12-13,16,26H,10-11,14-15,17-19H2,1H3,(H,33,36). The number of carbonyl (C=O) groups excluding carboxylic acids is 3. The van der Waals surface area contributed by atoms with Crippen LogP contribution < -0.4 is 10.1 Å². The van der Waals surface area contributed by atoms with Gasteiger partial charge in [0.15, 0.2) is 0 Å². The maximum Gasteiger partial charge on any atom is 0.246 e. The van der Waals surface area contributed by atoms with Crippen molar-refractivity contribution < 1.29 is 19.1 Å². The van der Waals surface area contributed by atoms with E-state index in [4.69, 9.17) is 27.9 Å². The van der Waals surface area contributed by atoms with E-state index in [0.29, 0.717) is 36.0 Å². The van der Waals surface area contributed by atoms with Crippen molar-refractivity contribution in [1.82, 2.24) is 20.1 Å². The third-order valence-corrected chi connectivity index (χ3v) is 7.25. The van der Waals surface area contributed by atoms with E-state index in [-0.39, 0.29) is 37.2 Å². The summed E-state index contributed by atoms with van der Waals surface area (Å²) in [6, 6.07) is 15.5. The van der Waals surface area contributed by atoms with E-state index >= 15 is 0 Å². The van der Waals surface area contributed by atoms with Gasteiger partial charge in [0.05, 0.1) is 20.1 Å². The van der Waals surface area contributed by atoms with Crippen LogP contribution in [0.15, 0.2) is 67.0 Å². The predicted octanol–water partition coefficient (Wildman–Crippen LogP) is 3.93. The average molecular weight is 569 g/mol. The van der Waals surface area contributed by atoms with Gasteiger partial charge in [-0.2, -0.15) is 0 Å². The Morgan fingerprint density at radius 1 is 1.03 bits per heavy atom. The quantitative estimate of drug-likeness (QED) is 0.378. The summed E-state index contributed by atoms with van der Waals surface area (Å²) in [6.07, 6.45) is 4.22. The van der Waals surface area contributed by atoms with E-state index < -0.39 is 6.04 Å². The molecule has 3 aromatic rings. The smallest absolute Gasteiger partial charge is 0.246 e. The van der Waals surface area contributed by atoms with Gasteiger partial charge in [0.1, 0.15) is 11.8 Å². The van der Waals surface area contributed by atoms with Crippen LogP contribution in [-0.2, 0) is 33.8 Å². The molecule has 0 spiro atoms. The molecule has 3 amide bonds. The van der Waals surface area contributed by atoms with Crippen molar-refractivity contribution in [3.05, 3.63) is 93.7 Å². The fourth-order valence-electron chi connectivity index (χ4n) is 4.49. The second kappa shape index (κ2) is 13.4. The monoisotopic (exact) mass is 568 g/mol. The highest BCUT2D eigenvalue weighted by Gasteiger charge is 2.40. The van der Waals surface area contributed by atoms with E-state index in [9.17, 15) is 14.4 Å². The fraction of sp³-hybridized carbons (Fsp3) is 0.310. The topological polar surface area (TPSA) is 91.8 Å². The van der Waals surface area contributed by atoms with Crippen molar-refractivity contribution in [2.24, 2.45) is 0 Å². The number of nitrogens with one attached hydrogen (secondary N) is 1. The predicted molar refractivity (Wildman–Crippen MR) is 150 cm³/mol. The molecule has 1 saturated heterocycles. The minimum Gasteiger partial charge on any atom is -0.497 e. The van der Waals surface area contributed by atoms with Crippen LogP contribution in [-0.4, -0.2) is 65.3 Å². The van der Waals surface area contributed by atoms with Crippen LogP contribution in [0.1, 0.15) is 23.1 Å². The van der Waals surface area contributed by atoms with Crippen molar-refractivity contribution in [2.75, 3.05) is 26.7 Å². The third kappa shape index (κ3) is 7.71. The maximum atomic E-state index is 13.6. The van der Waals surface area contributed by atoms with Gasteiger partial charge in [0, 0.05) is 42.1 Å². The molecule has 1 aliphatic heterocycles. The third-order valence-electron chi connectivity index (χ3n) is 6.66. The number of nitrogens with zero attached hydrogens (tertiary/aromatic N) is 3. The average Bonchev–Trinajstić information content (AvgIpc) is 2.93. The van der Waals surface area contributed by atoms with Gasteiger partial charge in [0.25, 0.3) is 0 Å². The van der Waals surface area contributed by atoms with Crippen molar-refractivity contribution in [3.8, 4) is 5.75 Å². The molecule has 8 nitrogen and oxygen atoms in total. The zero-order chi connectivity index (χ0) is 27.8. The van der Waals surface area contributed by atoms with Gasteiger partial charge in [-0.25, -0.2) is 0 Å². The van der Waals surface area contributed by atoms with E-state index in [1.54, 1.807) is 43.8 Å². The van der Waals surface area contributed by atoms with Crippen molar-refractivity contribution >= 4 is 40.9 Å². The summed E-state index contributed by atoms with van der Waals surface area (Å²) in [4.78, 5) is 46.8. The minimum absolute atomic E-state index is 0.0648. The van der Waals surface area contributed by atoms with Crippen LogP contribution in [0.4, 0.5) is 0 Å². The van der Waals surface area contributed by atoms with Crippen molar-refractivity contribution in [2.45, 2.75) is 31.8 Å². The summed E-state index contributed by atoms with van der Waals surface area (Å²) in [7, 11) is 1.61. The number of benzene rings is 2. The molecule has 2 aromatic carbocycles. The summed E-state index contributed by atoms with van der Waals surface area (Å²) in [5, 5.41) is 3.92. The molecule has 0 bridgehead atoms. The Hall–Kier alpha value is -3.62. The molecule has 1 aliphatic rings. The summed E-state index contributed by atoms with van der Waals surface area (Å²) in [5.41, 5.74) is 2.71. The highest BCUT2D eigenvalue weighted by molar-refractivity contribution is 6.35. The van der Waals surface area contributed by atoms with Gasteiger partial charge in [-0.1, -0.05) is 41.4 Å². The van der Waals surface area contributed by atoms with Crippen LogP contribution in [0.5, 0.6) is 5.75 Å². The zero-order valence-corrected chi connectivity index (χ0v) is 23.1. The number of amides is 3. The number of ether oxygens (including phenoxy) is 1. The van der Waals surface area contributed by atoms with Crippen LogP contribution in [0.3, 0.4) is 0 Å². The Morgan fingerprint density at radius 3 is 2.46 bits per heavy atom. The van der Waals surface area contributed by atoms with Crippen LogP contribution >= 0.6 is 23.2 Å². The molecule has 1 unspecified atom stereocenters. The van der Waals surface area contributed by atoms with Crippen LogP contribution in [0.25, 0.3) is 0 Å². The van der Waals surface area contributed by atoms with Gasteiger partial charge < -0.3 is 19.9 Å². The summed E-state index contributed by atoms with van der Waals surface area (Å²) in [6.45, 7) is 0.853. The number of rotatable bonds is 11. The fourth-order valence-corrected chi connectivity index (χ4v) is 4.99. The molecule has 0 aliphatic carbocycles. The number of hydrogen-bond acceptors (Lipinski definition) is 5. The summed E-state index contributed by atoms with van der Waals surface area (Å²) in [5.74, 6) is -0.0129. The Bertz CT molecular complexity index is 1300. The molecule has 39 heavy (non-hydrogen) atoms. The van der Waals surface area contributed by atoms with Gasteiger partial charge >= 0.3 is 0 Å². The number of pyridine rings is 1. The van der Waals surface area contributed by atoms with E-state index in [2.05, 4.69) is 10.3 Å². The molecule has 204 valence electrons. The first-order valence-electron chi connectivity index (χ1n) is 12.6. The van der Waals surface area contributed by atoms with Crippen molar-refractivity contribution in [1.29, 1.82) is 0 Å². The number of piperazine rings is 1. The molecule has 1 N–H and O–H groups in total. The number of methoxy groups -OCH3 is 1. The highest BCUT2D eigenvalue weighted by atomic mass is 35.5. The minimum atomic E-state index is -0.916. The van der Waals surface area contributed by atoms with Crippen LogP contribution in [0.2, 0.25) is 10.0 Å². The number of carbonyl (C=O) groups is 3. The van der Waals surface area contributed by atoms with Gasteiger partial charge in [-0.05, 0) is 65.9 Å². The van der Waals surface area contributed by atoms with Gasteiger partial charge in [-0.3, -0.25) is 19.4 Å². The largest absolute Gasteiger partial charge is 0.497 e. The lowest BCUT2D eigenvalue weighted by molar-refractivity contribution is -0.157. The molecule has 10 heteroatoms. The first kappa shape index (κ1) is 28.4. The Labute approximate surface area is 237 Å². The second-order valence-corrected chi connectivity index (χ2v) is 10.1. The van der Waals surface area contributed by atoms with Crippen LogP contribution in [0, 0.1) is 0 Å². The summed E-state index contributed by atoms with van der Waals surface area (Å²) < 4.78 is 5.18. The Kier molecular flexibility index (Phi) is 9.79. The zero-order valence-electron chi connectivity index (χ0n) is 21.6.